The first kappa shape index (κ1) is 14.2. The van der Waals surface area contributed by atoms with Gasteiger partial charge in [0.25, 0.3) is 5.91 Å². The number of carbonyl (C=O) groups is 1. The van der Waals surface area contributed by atoms with E-state index in [2.05, 4.69) is 35.4 Å². The van der Waals surface area contributed by atoms with Gasteiger partial charge in [-0.3, -0.25) is 4.79 Å². The molecule has 3 aromatic rings. The molecule has 0 saturated heterocycles. The Balaban J connectivity index is 1.57. The van der Waals surface area contributed by atoms with Crippen LogP contribution in [0.3, 0.4) is 0 Å². The van der Waals surface area contributed by atoms with Gasteiger partial charge in [0.1, 0.15) is 0 Å². The number of rotatable bonds is 5. The van der Waals surface area contributed by atoms with Crippen molar-refractivity contribution in [2.45, 2.75) is 11.8 Å². The third kappa shape index (κ3) is 3.14. The van der Waals surface area contributed by atoms with Crippen molar-refractivity contribution in [1.29, 1.82) is 0 Å². The maximum absolute atomic E-state index is 11.8. The van der Waals surface area contributed by atoms with Gasteiger partial charge in [-0.1, -0.05) is 24.3 Å². The van der Waals surface area contributed by atoms with Gasteiger partial charge in [0, 0.05) is 33.8 Å². The van der Waals surface area contributed by atoms with Crippen LogP contribution in [-0.2, 0) is 0 Å². The highest BCUT2D eigenvalue weighted by Crippen LogP contribution is 2.30. The molecule has 2 heterocycles. The van der Waals surface area contributed by atoms with Crippen LogP contribution in [-0.4, -0.2) is 23.2 Å². The van der Waals surface area contributed by atoms with E-state index in [-0.39, 0.29) is 5.91 Å². The van der Waals surface area contributed by atoms with Crippen LogP contribution in [0.5, 0.6) is 0 Å². The number of H-pyrrole nitrogens is 1. The maximum atomic E-state index is 11.8. The van der Waals surface area contributed by atoms with E-state index in [0.717, 1.165) is 10.6 Å². The van der Waals surface area contributed by atoms with E-state index in [9.17, 15) is 4.79 Å². The number of carbonyl (C=O) groups excluding carboxylic acids is 1. The number of aryl methyl sites for hydroxylation is 1. The van der Waals surface area contributed by atoms with Crippen LogP contribution in [0.15, 0.2) is 46.7 Å². The van der Waals surface area contributed by atoms with Crippen LogP contribution in [0.25, 0.3) is 10.9 Å². The fourth-order valence-corrected chi connectivity index (χ4v) is 3.90. The number of thiophene rings is 1. The molecule has 0 atom stereocenters. The number of para-hydroxylation sites is 1. The average molecular weight is 316 g/mol. The molecule has 0 aliphatic heterocycles. The number of aromatic nitrogens is 1. The van der Waals surface area contributed by atoms with E-state index < -0.39 is 0 Å². The Morgan fingerprint density at radius 2 is 2.14 bits per heavy atom. The van der Waals surface area contributed by atoms with E-state index in [0.29, 0.717) is 6.54 Å². The van der Waals surface area contributed by atoms with Crippen LogP contribution in [0, 0.1) is 6.92 Å². The summed E-state index contributed by atoms with van der Waals surface area (Å²) in [5.74, 6) is 0.876. The highest BCUT2D eigenvalue weighted by Gasteiger charge is 2.09. The average Bonchev–Trinajstić information content (AvgIpc) is 3.11. The van der Waals surface area contributed by atoms with Gasteiger partial charge in [0.05, 0.1) is 4.88 Å². The van der Waals surface area contributed by atoms with Crippen LogP contribution in [0.1, 0.15) is 15.4 Å². The van der Waals surface area contributed by atoms with E-state index in [1.165, 1.54) is 32.8 Å². The van der Waals surface area contributed by atoms with Crippen molar-refractivity contribution in [3.05, 3.63) is 52.3 Å². The number of fused-ring (bicyclic) bond motifs is 1. The van der Waals surface area contributed by atoms with Crippen molar-refractivity contribution in [1.82, 2.24) is 10.3 Å². The second-order valence-corrected chi connectivity index (χ2v) is 6.76. The van der Waals surface area contributed by atoms with Gasteiger partial charge in [0.2, 0.25) is 0 Å². The number of thioether (sulfide) groups is 1. The first-order chi connectivity index (χ1) is 10.3. The molecule has 0 bridgehead atoms. The van der Waals surface area contributed by atoms with Gasteiger partial charge in [0.15, 0.2) is 0 Å². The minimum absolute atomic E-state index is 0.0150. The second kappa shape index (κ2) is 6.37. The number of amides is 1. The molecule has 0 fully saturated rings. The van der Waals surface area contributed by atoms with Crippen LogP contribution in [0.2, 0.25) is 0 Å². The number of aromatic amines is 1. The summed E-state index contributed by atoms with van der Waals surface area (Å²) in [5, 5.41) is 6.13. The molecule has 0 unspecified atom stereocenters. The zero-order chi connectivity index (χ0) is 14.7. The van der Waals surface area contributed by atoms with Crippen LogP contribution < -0.4 is 5.32 Å². The van der Waals surface area contributed by atoms with E-state index in [4.69, 9.17) is 0 Å². The summed E-state index contributed by atoms with van der Waals surface area (Å²) in [6, 6.07) is 12.0. The Morgan fingerprint density at radius 1 is 1.29 bits per heavy atom. The fraction of sp³-hybridized carbons (Fsp3) is 0.188. The van der Waals surface area contributed by atoms with Crippen molar-refractivity contribution >= 4 is 39.9 Å². The monoisotopic (exact) mass is 316 g/mol. The standard InChI is InChI=1S/C16H16N2OS2/c1-11-15(12-5-2-3-6-13(12)18-11)21-10-8-17-16(19)14-7-4-9-20-14/h2-7,9,18H,8,10H2,1H3,(H,17,19). The fourth-order valence-electron chi connectivity index (χ4n) is 2.25. The van der Waals surface area contributed by atoms with Gasteiger partial charge in [-0.05, 0) is 24.4 Å². The maximum Gasteiger partial charge on any atom is 0.261 e. The zero-order valence-corrected chi connectivity index (χ0v) is 13.3. The number of hydrogen-bond donors (Lipinski definition) is 2. The summed E-state index contributed by atoms with van der Waals surface area (Å²) in [4.78, 5) is 17.3. The van der Waals surface area contributed by atoms with Gasteiger partial charge < -0.3 is 10.3 Å². The quantitative estimate of drug-likeness (QED) is 0.551. The van der Waals surface area contributed by atoms with Crippen LogP contribution in [0.4, 0.5) is 0 Å². The second-order valence-electron chi connectivity index (χ2n) is 4.71. The molecule has 0 aliphatic rings. The Hall–Kier alpha value is -1.72. The molecule has 21 heavy (non-hydrogen) atoms. The summed E-state index contributed by atoms with van der Waals surface area (Å²) in [5.41, 5.74) is 2.35. The summed E-state index contributed by atoms with van der Waals surface area (Å²) in [6.45, 7) is 2.76. The van der Waals surface area contributed by atoms with Crippen LogP contribution >= 0.6 is 23.1 Å². The van der Waals surface area contributed by atoms with Crippen molar-refractivity contribution in [3.8, 4) is 0 Å². The van der Waals surface area contributed by atoms with Gasteiger partial charge >= 0.3 is 0 Å². The summed E-state index contributed by atoms with van der Waals surface area (Å²) in [7, 11) is 0. The number of nitrogens with one attached hydrogen (secondary N) is 2. The summed E-state index contributed by atoms with van der Waals surface area (Å²) in [6.07, 6.45) is 0. The normalized spacial score (nSPS) is 10.9. The minimum Gasteiger partial charge on any atom is -0.358 e. The Morgan fingerprint density at radius 3 is 2.95 bits per heavy atom. The third-order valence-corrected chi connectivity index (χ3v) is 5.31. The topological polar surface area (TPSA) is 44.9 Å². The van der Waals surface area contributed by atoms with E-state index in [1.54, 1.807) is 11.8 Å². The van der Waals surface area contributed by atoms with Crippen molar-refractivity contribution in [2.24, 2.45) is 0 Å². The SMILES string of the molecule is Cc1[nH]c2ccccc2c1SCCNC(=O)c1cccs1. The number of benzene rings is 1. The molecule has 1 amide bonds. The van der Waals surface area contributed by atoms with Gasteiger partial charge in [-0.25, -0.2) is 0 Å². The van der Waals surface area contributed by atoms with Crippen molar-refractivity contribution in [2.75, 3.05) is 12.3 Å². The smallest absolute Gasteiger partial charge is 0.261 e. The molecular formula is C16H16N2OS2. The Bertz CT molecular complexity index is 747. The van der Waals surface area contributed by atoms with Gasteiger partial charge in [-0.15, -0.1) is 23.1 Å². The Labute approximate surface area is 131 Å². The molecule has 2 aromatic heterocycles. The summed E-state index contributed by atoms with van der Waals surface area (Å²) < 4.78 is 0. The van der Waals surface area contributed by atoms with Crippen molar-refractivity contribution < 1.29 is 4.79 Å². The molecule has 1 aromatic carbocycles. The molecule has 3 rings (SSSR count). The molecule has 0 spiro atoms. The molecule has 0 saturated carbocycles. The molecule has 5 heteroatoms. The first-order valence-electron chi connectivity index (χ1n) is 6.77. The highest BCUT2D eigenvalue weighted by molar-refractivity contribution is 7.99. The minimum atomic E-state index is 0.0150. The predicted octanol–water partition coefficient (Wildman–Crippen LogP) is 4.06. The molecule has 2 N–H and O–H groups in total. The molecule has 0 radical (unpaired) electrons. The highest BCUT2D eigenvalue weighted by atomic mass is 32.2. The lowest BCUT2D eigenvalue weighted by atomic mass is 10.2. The van der Waals surface area contributed by atoms with E-state index in [1.807, 2.05) is 23.6 Å². The van der Waals surface area contributed by atoms with Crippen molar-refractivity contribution in [3.63, 3.8) is 0 Å². The summed E-state index contributed by atoms with van der Waals surface area (Å²) >= 11 is 3.25. The predicted molar refractivity (Wildman–Crippen MR) is 90.4 cm³/mol. The lowest BCUT2D eigenvalue weighted by Crippen LogP contribution is -2.24. The molecule has 108 valence electrons. The lowest BCUT2D eigenvalue weighted by Gasteiger charge is -2.04. The first-order valence-corrected chi connectivity index (χ1v) is 8.64. The van der Waals surface area contributed by atoms with E-state index >= 15 is 0 Å². The Kier molecular flexibility index (Phi) is 4.31. The molecule has 3 nitrogen and oxygen atoms in total. The lowest BCUT2D eigenvalue weighted by molar-refractivity contribution is 0.0960. The van der Waals surface area contributed by atoms with Gasteiger partial charge in [-0.2, -0.15) is 0 Å². The largest absolute Gasteiger partial charge is 0.358 e. The zero-order valence-electron chi connectivity index (χ0n) is 11.7. The molecular weight excluding hydrogens is 300 g/mol. The number of hydrogen-bond acceptors (Lipinski definition) is 3. The third-order valence-electron chi connectivity index (χ3n) is 3.21. The molecule has 0 aliphatic carbocycles.